The number of carbonyl (C=O) groups is 1. The van der Waals surface area contributed by atoms with Gasteiger partial charge in [0.15, 0.2) is 0 Å². The first-order chi connectivity index (χ1) is 9.56. The lowest BCUT2D eigenvalue weighted by Gasteiger charge is -2.10. The molecule has 0 amide bonds. The Morgan fingerprint density at radius 2 is 2.25 bits per heavy atom. The summed E-state index contributed by atoms with van der Waals surface area (Å²) in [5.74, 6) is -0.144. The Kier molecular flexibility index (Phi) is 4.68. The molecule has 0 aliphatic heterocycles. The molecule has 2 heterocycles. The third kappa shape index (κ3) is 3.77. The highest BCUT2D eigenvalue weighted by Crippen LogP contribution is 2.17. The van der Waals surface area contributed by atoms with Gasteiger partial charge in [0.2, 0.25) is 0 Å². The van der Waals surface area contributed by atoms with Crippen molar-refractivity contribution in [1.82, 2.24) is 9.97 Å². The van der Waals surface area contributed by atoms with Gasteiger partial charge in [0.05, 0.1) is 16.8 Å². The number of nitrogens with zero attached hydrogens (tertiary/aromatic N) is 2. The van der Waals surface area contributed by atoms with Gasteiger partial charge >= 0.3 is 5.97 Å². The SMILES string of the molecule is CC(C)c1cc(C(=O)O)cc(NCCc2cscn2)n1. The van der Waals surface area contributed by atoms with Crippen molar-refractivity contribution in [3.8, 4) is 0 Å². The molecule has 0 fully saturated rings. The van der Waals surface area contributed by atoms with Crippen LogP contribution in [0.5, 0.6) is 0 Å². The smallest absolute Gasteiger partial charge is 0.335 e. The van der Waals surface area contributed by atoms with Crippen LogP contribution >= 0.6 is 11.3 Å². The number of carboxylic acid groups (broad SMARTS) is 1. The van der Waals surface area contributed by atoms with Gasteiger partial charge in [0.25, 0.3) is 0 Å². The summed E-state index contributed by atoms with van der Waals surface area (Å²) in [4.78, 5) is 19.8. The van der Waals surface area contributed by atoms with Crippen LogP contribution in [0.15, 0.2) is 23.0 Å². The molecule has 2 aromatic rings. The van der Waals surface area contributed by atoms with E-state index in [4.69, 9.17) is 5.11 Å². The molecule has 0 aliphatic carbocycles. The van der Waals surface area contributed by atoms with Crippen LogP contribution in [0.3, 0.4) is 0 Å². The van der Waals surface area contributed by atoms with Crippen LogP contribution in [0.25, 0.3) is 0 Å². The lowest BCUT2D eigenvalue weighted by molar-refractivity contribution is 0.0696. The molecule has 20 heavy (non-hydrogen) atoms. The van der Waals surface area contributed by atoms with E-state index in [0.717, 1.165) is 17.8 Å². The van der Waals surface area contributed by atoms with Gasteiger partial charge in [-0.2, -0.15) is 0 Å². The van der Waals surface area contributed by atoms with E-state index in [1.807, 2.05) is 19.2 Å². The largest absolute Gasteiger partial charge is 0.478 e. The lowest BCUT2D eigenvalue weighted by atomic mass is 10.1. The molecule has 0 radical (unpaired) electrons. The molecule has 0 bridgehead atoms. The topological polar surface area (TPSA) is 75.1 Å². The summed E-state index contributed by atoms with van der Waals surface area (Å²) in [5.41, 5.74) is 3.87. The van der Waals surface area contributed by atoms with E-state index in [1.165, 1.54) is 0 Å². The average Bonchev–Trinajstić information content (AvgIpc) is 2.91. The summed E-state index contributed by atoms with van der Waals surface area (Å²) in [5, 5.41) is 14.3. The van der Waals surface area contributed by atoms with E-state index in [-0.39, 0.29) is 11.5 Å². The number of pyridine rings is 1. The molecule has 0 saturated heterocycles. The maximum atomic E-state index is 11.1. The maximum Gasteiger partial charge on any atom is 0.335 e. The Balaban J connectivity index is 2.07. The van der Waals surface area contributed by atoms with E-state index in [9.17, 15) is 4.79 Å². The molecule has 0 aliphatic rings. The van der Waals surface area contributed by atoms with Crippen LogP contribution in [-0.2, 0) is 6.42 Å². The molecular formula is C14H17N3O2S. The summed E-state index contributed by atoms with van der Waals surface area (Å²) in [6, 6.07) is 3.19. The van der Waals surface area contributed by atoms with Crippen molar-refractivity contribution >= 4 is 23.1 Å². The van der Waals surface area contributed by atoms with Crippen LogP contribution in [-0.4, -0.2) is 27.6 Å². The number of hydrogen-bond donors (Lipinski definition) is 2. The first kappa shape index (κ1) is 14.5. The molecule has 0 aromatic carbocycles. The van der Waals surface area contributed by atoms with Crippen LogP contribution in [0.1, 0.15) is 41.5 Å². The highest BCUT2D eigenvalue weighted by molar-refractivity contribution is 7.07. The van der Waals surface area contributed by atoms with Gasteiger partial charge in [-0.15, -0.1) is 11.3 Å². The Morgan fingerprint density at radius 3 is 2.85 bits per heavy atom. The zero-order chi connectivity index (χ0) is 14.5. The van der Waals surface area contributed by atoms with Crippen LogP contribution in [0.2, 0.25) is 0 Å². The van der Waals surface area contributed by atoms with Crippen molar-refractivity contribution in [2.24, 2.45) is 0 Å². The third-order valence-corrected chi connectivity index (χ3v) is 3.49. The number of hydrogen-bond acceptors (Lipinski definition) is 5. The summed E-state index contributed by atoms with van der Waals surface area (Å²) < 4.78 is 0. The molecule has 0 atom stereocenters. The van der Waals surface area contributed by atoms with Crippen molar-refractivity contribution in [3.05, 3.63) is 40.0 Å². The summed E-state index contributed by atoms with van der Waals surface area (Å²) in [7, 11) is 0. The maximum absolute atomic E-state index is 11.1. The second-order valence-corrected chi connectivity index (χ2v) is 5.50. The Morgan fingerprint density at radius 1 is 1.45 bits per heavy atom. The molecule has 2 N–H and O–H groups in total. The van der Waals surface area contributed by atoms with E-state index in [1.54, 1.807) is 29.0 Å². The Hall–Kier alpha value is -1.95. The van der Waals surface area contributed by atoms with Gasteiger partial charge in [0.1, 0.15) is 5.82 Å². The van der Waals surface area contributed by atoms with Crippen molar-refractivity contribution in [3.63, 3.8) is 0 Å². The van der Waals surface area contributed by atoms with Gasteiger partial charge in [0, 0.05) is 24.0 Å². The highest BCUT2D eigenvalue weighted by Gasteiger charge is 2.10. The van der Waals surface area contributed by atoms with Crippen LogP contribution in [0.4, 0.5) is 5.82 Å². The highest BCUT2D eigenvalue weighted by atomic mass is 32.1. The normalized spacial score (nSPS) is 10.8. The number of rotatable bonds is 6. The predicted molar refractivity (Wildman–Crippen MR) is 79.6 cm³/mol. The van der Waals surface area contributed by atoms with Crippen molar-refractivity contribution in [2.45, 2.75) is 26.2 Å². The summed E-state index contributed by atoms with van der Waals surface area (Å²) in [6.07, 6.45) is 0.791. The molecule has 2 aromatic heterocycles. The monoisotopic (exact) mass is 291 g/mol. The predicted octanol–water partition coefficient (Wildman–Crippen LogP) is 3.01. The Labute approximate surface area is 121 Å². The minimum Gasteiger partial charge on any atom is -0.478 e. The molecule has 0 spiro atoms. The second-order valence-electron chi connectivity index (χ2n) is 4.78. The molecule has 0 unspecified atom stereocenters. The van der Waals surface area contributed by atoms with Gasteiger partial charge in [-0.1, -0.05) is 13.8 Å². The number of thiazole rings is 1. The average molecular weight is 291 g/mol. The minimum absolute atomic E-state index is 0.188. The first-order valence-corrected chi connectivity index (χ1v) is 7.36. The van der Waals surface area contributed by atoms with Gasteiger partial charge < -0.3 is 10.4 Å². The summed E-state index contributed by atoms with van der Waals surface area (Å²) in [6.45, 7) is 4.66. The fourth-order valence-corrected chi connectivity index (χ4v) is 2.33. The van der Waals surface area contributed by atoms with E-state index in [2.05, 4.69) is 15.3 Å². The van der Waals surface area contributed by atoms with Crippen molar-refractivity contribution < 1.29 is 9.90 Å². The summed E-state index contributed by atoms with van der Waals surface area (Å²) >= 11 is 1.57. The first-order valence-electron chi connectivity index (χ1n) is 6.42. The third-order valence-electron chi connectivity index (χ3n) is 2.85. The number of nitrogens with one attached hydrogen (secondary N) is 1. The minimum atomic E-state index is -0.933. The van der Waals surface area contributed by atoms with Crippen LogP contribution in [0, 0.1) is 0 Å². The van der Waals surface area contributed by atoms with Gasteiger partial charge in [-0.05, 0) is 18.1 Å². The molecule has 6 heteroatoms. The quantitative estimate of drug-likeness (QED) is 0.855. The van der Waals surface area contributed by atoms with E-state index >= 15 is 0 Å². The van der Waals surface area contributed by atoms with E-state index in [0.29, 0.717) is 12.4 Å². The van der Waals surface area contributed by atoms with Gasteiger partial charge in [-0.3, -0.25) is 0 Å². The number of carboxylic acids is 1. The van der Waals surface area contributed by atoms with Crippen molar-refractivity contribution in [2.75, 3.05) is 11.9 Å². The molecular weight excluding hydrogens is 274 g/mol. The fourth-order valence-electron chi connectivity index (χ4n) is 1.74. The second kappa shape index (κ2) is 6.47. The van der Waals surface area contributed by atoms with Crippen molar-refractivity contribution in [1.29, 1.82) is 0 Å². The number of anilines is 1. The zero-order valence-electron chi connectivity index (χ0n) is 11.5. The lowest BCUT2D eigenvalue weighted by Crippen LogP contribution is -2.10. The molecule has 5 nitrogen and oxygen atoms in total. The van der Waals surface area contributed by atoms with Crippen LogP contribution < -0.4 is 5.32 Å². The Bertz CT molecular complexity index is 582. The molecule has 0 saturated carbocycles. The number of aromatic carboxylic acids is 1. The fraction of sp³-hybridized carbons (Fsp3) is 0.357. The standard InChI is InChI=1S/C14H17N3O2S/c1-9(2)12-5-10(14(18)19)6-13(17-12)15-4-3-11-7-20-8-16-11/h5-9H,3-4H2,1-2H3,(H,15,17)(H,18,19). The molecule has 2 rings (SSSR count). The van der Waals surface area contributed by atoms with E-state index < -0.39 is 5.97 Å². The number of aromatic nitrogens is 2. The zero-order valence-corrected chi connectivity index (χ0v) is 12.3. The van der Waals surface area contributed by atoms with Gasteiger partial charge in [-0.25, -0.2) is 14.8 Å². The molecule has 106 valence electrons.